The van der Waals surface area contributed by atoms with Crippen LogP contribution in [0.15, 0.2) is 48.5 Å². The van der Waals surface area contributed by atoms with Gasteiger partial charge in [0.2, 0.25) is 0 Å². The third-order valence-corrected chi connectivity index (χ3v) is 7.42. The molecule has 164 valence electrons. The average molecular weight is 456 g/mol. The highest BCUT2D eigenvalue weighted by Gasteiger charge is 2.35. The third-order valence-electron chi connectivity index (χ3n) is 6.21. The molecule has 2 aliphatic rings. The van der Waals surface area contributed by atoms with Gasteiger partial charge in [-0.05, 0) is 61.4 Å². The zero-order valence-corrected chi connectivity index (χ0v) is 18.7. The number of aryl methyl sites for hydroxylation is 1. The number of fused-ring (bicyclic) bond motifs is 2. The van der Waals surface area contributed by atoms with E-state index in [1.54, 1.807) is 6.07 Å². The smallest absolute Gasteiger partial charge is 0.261 e. The van der Waals surface area contributed by atoms with Crippen molar-refractivity contribution in [2.24, 2.45) is 0 Å². The molecule has 0 bridgehead atoms. The van der Waals surface area contributed by atoms with Crippen LogP contribution < -0.4 is 5.32 Å². The quantitative estimate of drug-likeness (QED) is 0.570. The summed E-state index contributed by atoms with van der Waals surface area (Å²) in [6.45, 7) is 0.282. The predicted molar refractivity (Wildman–Crippen MR) is 126 cm³/mol. The van der Waals surface area contributed by atoms with Crippen LogP contribution in [0.3, 0.4) is 0 Å². The van der Waals surface area contributed by atoms with Crippen molar-refractivity contribution in [3.63, 3.8) is 0 Å². The van der Waals surface area contributed by atoms with E-state index in [1.165, 1.54) is 28.4 Å². The van der Waals surface area contributed by atoms with E-state index in [9.17, 15) is 19.6 Å². The van der Waals surface area contributed by atoms with Gasteiger partial charge in [-0.2, -0.15) is 5.26 Å². The molecule has 1 N–H and O–H groups in total. The molecular formula is C26H21N3O3S. The summed E-state index contributed by atoms with van der Waals surface area (Å²) in [5.41, 5.74) is 3.48. The van der Waals surface area contributed by atoms with E-state index >= 15 is 0 Å². The summed E-state index contributed by atoms with van der Waals surface area (Å²) in [6.07, 6.45) is 4.50. The summed E-state index contributed by atoms with van der Waals surface area (Å²) < 4.78 is 0. The minimum absolute atomic E-state index is 0.242. The van der Waals surface area contributed by atoms with E-state index in [2.05, 4.69) is 11.4 Å². The highest BCUT2D eigenvalue weighted by atomic mass is 32.1. The topological polar surface area (TPSA) is 90.3 Å². The molecule has 0 saturated carbocycles. The molecule has 33 heavy (non-hydrogen) atoms. The van der Waals surface area contributed by atoms with Gasteiger partial charge in [0.15, 0.2) is 0 Å². The normalized spacial score (nSPS) is 14.6. The molecule has 1 aromatic heterocycles. The van der Waals surface area contributed by atoms with Crippen LogP contribution >= 0.6 is 11.3 Å². The van der Waals surface area contributed by atoms with E-state index in [0.29, 0.717) is 22.5 Å². The molecule has 1 aliphatic carbocycles. The van der Waals surface area contributed by atoms with Gasteiger partial charge in [-0.15, -0.1) is 11.3 Å². The van der Waals surface area contributed by atoms with Gasteiger partial charge < -0.3 is 5.32 Å². The molecular weight excluding hydrogens is 434 g/mol. The zero-order valence-electron chi connectivity index (χ0n) is 17.9. The molecule has 2 aromatic carbocycles. The number of nitrogens with one attached hydrogen (secondary N) is 1. The van der Waals surface area contributed by atoms with Gasteiger partial charge in [0, 0.05) is 17.0 Å². The highest BCUT2D eigenvalue weighted by Crippen LogP contribution is 2.38. The molecule has 7 heteroatoms. The van der Waals surface area contributed by atoms with Crippen molar-refractivity contribution in [3.8, 4) is 6.07 Å². The lowest BCUT2D eigenvalue weighted by Gasteiger charge is -2.13. The Labute approximate surface area is 195 Å². The Morgan fingerprint density at radius 2 is 1.79 bits per heavy atom. The van der Waals surface area contributed by atoms with E-state index < -0.39 is 5.91 Å². The summed E-state index contributed by atoms with van der Waals surface area (Å²) in [5.74, 6) is -1.11. The second-order valence-electron chi connectivity index (χ2n) is 8.24. The summed E-state index contributed by atoms with van der Waals surface area (Å²) in [7, 11) is 0. The van der Waals surface area contributed by atoms with Crippen molar-refractivity contribution in [2.75, 3.05) is 11.9 Å². The molecule has 5 rings (SSSR count). The number of hydrogen-bond acceptors (Lipinski definition) is 5. The zero-order chi connectivity index (χ0) is 22.9. The second kappa shape index (κ2) is 8.64. The first-order valence-electron chi connectivity index (χ1n) is 11.0. The lowest BCUT2D eigenvalue weighted by Crippen LogP contribution is -2.31. The van der Waals surface area contributed by atoms with E-state index in [-0.39, 0.29) is 29.5 Å². The Bertz CT molecular complexity index is 1320. The summed E-state index contributed by atoms with van der Waals surface area (Å²) >= 11 is 1.46. The Morgan fingerprint density at radius 3 is 2.58 bits per heavy atom. The van der Waals surface area contributed by atoms with Crippen molar-refractivity contribution in [2.45, 2.75) is 32.1 Å². The van der Waals surface area contributed by atoms with Crippen molar-refractivity contribution in [3.05, 3.63) is 86.8 Å². The molecule has 6 nitrogen and oxygen atoms in total. The molecule has 3 amide bonds. The van der Waals surface area contributed by atoms with Gasteiger partial charge in [-0.3, -0.25) is 19.3 Å². The van der Waals surface area contributed by atoms with E-state index in [0.717, 1.165) is 41.7 Å². The Balaban J connectivity index is 1.35. The van der Waals surface area contributed by atoms with Crippen LogP contribution in [0.2, 0.25) is 0 Å². The number of carbonyl (C=O) groups excluding carboxylic acids is 3. The number of benzene rings is 2. The highest BCUT2D eigenvalue weighted by molar-refractivity contribution is 7.16. The molecule has 0 radical (unpaired) electrons. The number of rotatable bonds is 5. The fourth-order valence-electron chi connectivity index (χ4n) is 4.47. The fourth-order valence-corrected chi connectivity index (χ4v) is 5.70. The van der Waals surface area contributed by atoms with Crippen molar-refractivity contribution >= 4 is 34.1 Å². The lowest BCUT2D eigenvalue weighted by molar-refractivity contribution is 0.0656. The molecule has 0 fully saturated rings. The van der Waals surface area contributed by atoms with Gasteiger partial charge in [0.05, 0.1) is 16.7 Å². The number of anilines is 1. The average Bonchev–Trinajstić information content (AvgIpc) is 3.31. The molecule has 0 unspecified atom stereocenters. The van der Waals surface area contributed by atoms with Crippen LogP contribution in [0.1, 0.15) is 65.5 Å². The lowest BCUT2D eigenvalue weighted by atomic mass is 9.96. The van der Waals surface area contributed by atoms with Crippen LogP contribution in [0.25, 0.3) is 0 Å². The van der Waals surface area contributed by atoms with Gasteiger partial charge in [0.1, 0.15) is 11.1 Å². The summed E-state index contributed by atoms with van der Waals surface area (Å²) in [5, 5.41) is 13.0. The fraction of sp³-hybridized carbons (Fsp3) is 0.231. The maximum Gasteiger partial charge on any atom is 0.261 e. The monoisotopic (exact) mass is 455 g/mol. The van der Waals surface area contributed by atoms with E-state index in [4.69, 9.17) is 0 Å². The van der Waals surface area contributed by atoms with Crippen LogP contribution in [0.5, 0.6) is 0 Å². The van der Waals surface area contributed by atoms with Gasteiger partial charge in [-0.1, -0.05) is 30.3 Å². The summed E-state index contributed by atoms with van der Waals surface area (Å²) in [6, 6.07) is 16.5. The molecule has 3 aromatic rings. The first-order chi connectivity index (χ1) is 16.1. The summed E-state index contributed by atoms with van der Waals surface area (Å²) in [4.78, 5) is 41.0. The number of imide groups is 1. The SMILES string of the molecule is N#Cc1c(NC(=O)c2ccc3c(c2)C(=O)N(CCc2ccccc2)C3=O)sc2c1CCCC2. The molecule has 0 spiro atoms. The van der Waals surface area contributed by atoms with Crippen molar-refractivity contribution < 1.29 is 14.4 Å². The standard InChI is InChI=1S/C26H21N3O3S/c27-15-21-18-8-4-5-9-22(18)33-24(21)28-23(30)17-10-11-19-20(14-17)26(32)29(25(19)31)13-12-16-6-2-1-3-7-16/h1-3,6-7,10-11,14H,4-5,8-9,12-13H2,(H,28,30). The maximum atomic E-state index is 13.0. The van der Waals surface area contributed by atoms with Gasteiger partial charge >= 0.3 is 0 Å². The second-order valence-corrected chi connectivity index (χ2v) is 9.34. The predicted octanol–water partition coefficient (Wildman–Crippen LogP) is 4.59. The number of amides is 3. The number of carbonyl (C=O) groups is 3. The molecule has 2 heterocycles. The number of hydrogen-bond donors (Lipinski definition) is 1. The van der Waals surface area contributed by atoms with Gasteiger partial charge in [-0.25, -0.2) is 0 Å². The number of nitriles is 1. The van der Waals surface area contributed by atoms with Crippen molar-refractivity contribution in [1.29, 1.82) is 5.26 Å². The first kappa shape index (κ1) is 21.1. The largest absolute Gasteiger partial charge is 0.312 e. The van der Waals surface area contributed by atoms with E-state index in [1.807, 2.05) is 30.3 Å². The Hall–Kier alpha value is -3.76. The molecule has 0 saturated heterocycles. The Kier molecular flexibility index (Phi) is 5.53. The Morgan fingerprint density at radius 1 is 1.03 bits per heavy atom. The van der Waals surface area contributed by atoms with Crippen molar-refractivity contribution in [1.82, 2.24) is 4.90 Å². The van der Waals surface area contributed by atoms with Gasteiger partial charge in [0.25, 0.3) is 17.7 Å². The van der Waals surface area contributed by atoms with Crippen LogP contribution in [0, 0.1) is 11.3 Å². The third kappa shape index (κ3) is 3.83. The minimum Gasteiger partial charge on any atom is -0.312 e. The number of thiophene rings is 1. The van der Waals surface area contributed by atoms with Crippen LogP contribution in [-0.2, 0) is 19.3 Å². The van der Waals surface area contributed by atoms with Crippen LogP contribution in [-0.4, -0.2) is 29.2 Å². The first-order valence-corrected chi connectivity index (χ1v) is 11.8. The number of nitrogens with zero attached hydrogens (tertiary/aromatic N) is 2. The maximum absolute atomic E-state index is 13.0. The minimum atomic E-state index is -0.393. The van der Waals surface area contributed by atoms with Crippen LogP contribution in [0.4, 0.5) is 5.00 Å². The molecule has 1 aliphatic heterocycles. The molecule has 0 atom stereocenters.